The lowest BCUT2D eigenvalue weighted by Gasteiger charge is -2.06. The van der Waals surface area contributed by atoms with Gasteiger partial charge in [-0.3, -0.25) is 4.79 Å². The van der Waals surface area contributed by atoms with Crippen LogP contribution in [0.25, 0.3) is 33.1 Å². The first-order chi connectivity index (χ1) is 10.8. The summed E-state index contributed by atoms with van der Waals surface area (Å²) in [6.07, 6.45) is 0.877. The van der Waals surface area contributed by atoms with Crippen LogP contribution >= 0.6 is 15.9 Å². The van der Waals surface area contributed by atoms with E-state index in [4.69, 9.17) is 4.42 Å². The van der Waals surface area contributed by atoms with Gasteiger partial charge in [0.05, 0.1) is 0 Å². The average molecular weight is 351 g/mol. The van der Waals surface area contributed by atoms with E-state index in [2.05, 4.69) is 15.9 Å². The predicted octanol–water partition coefficient (Wildman–Crippen LogP) is 5.83. The van der Waals surface area contributed by atoms with Crippen molar-refractivity contribution in [1.82, 2.24) is 0 Å². The largest absolute Gasteiger partial charge is 0.455 e. The predicted molar refractivity (Wildman–Crippen MR) is 92.2 cm³/mol. The van der Waals surface area contributed by atoms with Crippen LogP contribution in [0.3, 0.4) is 0 Å². The van der Waals surface area contributed by atoms with Gasteiger partial charge in [0, 0.05) is 26.4 Å². The fourth-order valence-electron chi connectivity index (χ4n) is 2.84. The van der Waals surface area contributed by atoms with Crippen LogP contribution in [0.2, 0.25) is 0 Å². The van der Waals surface area contributed by atoms with Crippen LogP contribution in [0.4, 0.5) is 0 Å². The molecule has 0 atom stereocenters. The summed E-state index contributed by atoms with van der Waals surface area (Å²) >= 11 is 3.41. The number of carbonyl (C=O) groups is 1. The second-order valence-corrected chi connectivity index (χ2v) is 6.05. The molecule has 0 spiro atoms. The Labute approximate surface area is 135 Å². The quantitative estimate of drug-likeness (QED) is 0.426. The minimum Gasteiger partial charge on any atom is -0.455 e. The number of aldehydes is 1. The van der Waals surface area contributed by atoms with Crippen molar-refractivity contribution in [1.29, 1.82) is 0 Å². The Morgan fingerprint density at radius 2 is 1.68 bits per heavy atom. The molecule has 3 aromatic carbocycles. The van der Waals surface area contributed by atoms with Crippen molar-refractivity contribution in [3.05, 3.63) is 70.7 Å². The van der Waals surface area contributed by atoms with Gasteiger partial charge in [-0.2, -0.15) is 0 Å². The standard InChI is InChI=1S/C19H11BrO2/c20-13-8-9-14(12(10-13)11-21)16-5-3-6-17-15-4-1-2-7-18(15)22-19(16)17/h1-11H. The molecule has 1 heterocycles. The van der Waals surface area contributed by atoms with Crippen molar-refractivity contribution < 1.29 is 9.21 Å². The lowest BCUT2D eigenvalue weighted by molar-refractivity contribution is 0.112. The number of benzene rings is 3. The lowest BCUT2D eigenvalue weighted by Crippen LogP contribution is -1.88. The Bertz CT molecular complexity index is 1010. The Kier molecular flexibility index (Phi) is 3.09. The molecular formula is C19H11BrO2. The number of fused-ring (bicyclic) bond motifs is 3. The number of halogens is 1. The van der Waals surface area contributed by atoms with Crippen molar-refractivity contribution in [2.75, 3.05) is 0 Å². The molecular weight excluding hydrogens is 340 g/mol. The van der Waals surface area contributed by atoms with Crippen LogP contribution in [0.1, 0.15) is 10.4 Å². The molecule has 106 valence electrons. The molecule has 0 bridgehead atoms. The molecule has 0 fully saturated rings. The van der Waals surface area contributed by atoms with Crippen LogP contribution < -0.4 is 0 Å². The summed E-state index contributed by atoms with van der Waals surface area (Å²) in [6.45, 7) is 0. The van der Waals surface area contributed by atoms with E-state index in [-0.39, 0.29) is 0 Å². The number of hydrogen-bond donors (Lipinski definition) is 0. The summed E-state index contributed by atoms with van der Waals surface area (Å²) in [5.74, 6) is 0. The lowest BCUT2D eigenvalue weighted by atomic mass is 9.98. The monoisotopic (exact) mass is 350 g/mol. The van der Waals surface area contributed by atoms with E-state index >= 15 is 0 Å². The third-order valence-corrected chi connectivity index (χ3v) is 4.33. The van der Waals surface area contributed by atoms with Gasteiger partial charge in [-0.25, -0.2) is 0 Å². The first-order valence-electron chi connectivity index (χ1n) is 6.93. The Morgan fingerprint density at radius 1 is 0.864 bits per heavy atom. The second-order valence-electron chi connectivity index (χ2n) is 5.13. The molecule has 0 N–H and O–H groups in total. The van der Waals surface area contributed by atoms with Gasteiger partial charge in [-0.15, -0.1) is 0 Å². The Balaban J connectivity index is 2.09. The van der Waals surface area contributed by atoms with E-state index in [1.54, 1.807) is 0 Å². The van der Waals surface area contributed by atoms with Crippen molar-refractivity contribution in [2.45, 2.75) is 0 Å². The van der Waals surface area contributed by atoms with Gasteiger partial charge < -0.3 is 4.42 Å². The van der Waals surface area contributed by atoms with Crippen LogP contribution in [0.5, 0.6) is 0 Å². The maximum Gasteiger partial charge on any atom is 0.150 e. The van der Waals surface area contributed by atoms with Gasteiger partial charge in [0.1, 0.15) is 11.2 Å². The van der Waals surface area contributed by atoms with Crippen molar-refractivity contribution in [3.8, 4) is 11.1 Å². The molecule has 1 aromatic heterocycles. The van der Waals surface area contributed by atoms with Crippen molar-refractivity contribution in [3.63, 3.8) is 0 Å². The van der Waals surface area contributed by atoms with Crippen LogP contribution in [0.15, 0.2) is 69.6 Å². The molecule has 3 heteroatoms. The molecule has 2 nitrogen and oxygen atoms in total. The first kappa shape index (κ1) is 13.3. The molecule has 0 aliphatic rings. The molecule has 0 amide bonds. The zero-order chi connectivity index (χ0) is 15.1. The van der Waals surface area contributed by atoms with Gasteiger partial charge in [0.25, 0.3) is 0 Å². The molecule has 0 aliphatic heterocycles. The SMILES string of the molecule is O=Cc1cc(Br)ccc1-c1cccc2c1oc1ccccc12. The maximum absolute atomic E-state index is 11.4. The van der Waals surface area contributed by atoms with E-state index in [1.165, 1.54) is 0 Å². The number of hydrogen-bond acceptors (Lipinski definition) is 2. The number of carbonyl (C=O) groups excluding carboxylic acids is 1. The van der Waals surface area contributed by atoms with Crippen molar-refractivity contribution >= 4 is 44.2 Å². The Morgan fingerprint density at radius 3 is 2.55 bits per heavy atom. The highest BCUT2D eigenvalue weighted by molar-refractivity contribution is 9.10. The summed E-state index contributed by atoms with van der Waals surface area (Å²) < 4.78 is 6.92. The summed E-state index contributed by atoms with van der Waals surface area (Å²) in [6, 6.07) is 19.7. The average Bonchev–Trinajstić information content (AvgIpc) is 2.93. The fraction of sp³-hybridized carbons (Fsp3) is 0. The molecule has 0 aliphatic carbocycles. The van der Waals surface area contributed by atoms with Crippen molar-refractivity contribution in [2.24, 2.45) is 0 Å². The minimum atomic E-state index is 0.641. The summed E-state index contributed by atoms with van der Waals surface area (Å²) in [5, 5.41) is 2.15. The summed E-state index contributed by atoms with van der Waals surface area (Å²) in [5.41, 5.74) is 4.12. The highest BCUT2D eigenvalue weighted by Gasteiger charge is 2.14. The third-order valence-electron chi connectivity index (χ3n) is 3.84. The molecule has 0 unspecified atom stereocenters. The number of furan rings is 1. The molecule has 0 saturated heterocycles. The maximum atomic E-state index is 11.4. The van der Waals surface area contributed by atoms with E-state index in [1.807, 2.05) is 60.7 Å². The van der Waals surface area contributed by atoms with E-state index in [0.717, 1.165) is 43.8 Å². The van der Waals surface area contributed by atoms with Gasteiger partial charge in [0.15, 0.2) is 6.29 Å². The molecule has 0 saturated carbocycles. The van der Waals surface area contributed by atoms with Gasteiger partial charge in [-0.05, 0) is 23.8 Å². The third kappa shape index (κ3) is 1.97. The summed E-state index contributed by atoms with van der Waals surface area (Å²) in [4.78, 5) is 11.4. The van der Waals surface area contributed by atoms with Crippen LogP contribution in [0, 0.1) is 0 Å². The molecule has 4 aromatic rings. The van der Waals surface area contributed by atoms with Crippen LogP contribution in [-0.4, -0.2) is 6.29 Å². The normalized spacial score (nSPS) is 11.1. The number of para-hydroxylation sites is 2. The van der Waals surface area contributed by atoms with Crippen LogP contribution in [-0.2, 0) is 0 Å². The zero-order valence-electron chi connectivity index (χ0n) is 11.5. The number of rotatable bonds is 2. The topological polar surface area (TPSA) is 30.2 Å². The highest BCUT2D eigenvalue weighted by Crippen LogP contribution is 2.37. The Hall–Kier alpha value is -2.39. The van der Waals surface area contributed by atoms with E-state index in [0.29, 0.717) is 5.56 Å². The molecule has 0 radical (unpaired) electrons. The van der Waals surface area contributed by atoms with Gasteiger partial charge in [0.2, 0.25) is 0 Å². The smallest absolute Gasteiger partial charge is 0.150 e. The minimum absolute atomic E-state index is 0.641. The highest BCUT2D eigenvalue weighted by atomic mass is 79.9. The first-order valence-corrected chi connectivity index (χ1v) is 7.72. The summed E-state index contributed by atoms with van der Waals surface area (Å²) in [7, 11) is 0. The van der Waals surface area contributed by atoms with E-state index in [9.17, 15) is 4.79 Å². The van der Waals surface area contributed by atoms with Gasteiger partial charge in [-0.1, -0.05) is 58.4 Å². The van der Waals surface area contributed by atoms with E-state index < -0.39 is 0 Å². The molecule has 22 heavy (non-hydrogen) atoms. The zero-order valence-corrected chi connectivity index (χ0v) is 13.1. The van der Waals surface area contributed by atoms with Gasteiger partial charge >= 0.3 is 0 Å². The fourth-order valence-corrected chi connectivity index (χ4v) is 3.21. The molecule has 4 rings (SSSR count). The second kappa shape index (κ2) is 5.11.